The van der Waals surface area contributed by atoms with Crippen molar-refractivity contribution in [1.29, 1.82) is 0 Å². The highest BCUT2D eigenvalue weighted by Crippen LogP contribution is 2.38. The van der Waals surface area contributed by atoms with Crippen LogP contribution in [0.15, 0.2) is 36.7 Å². The minimum Gasteiger partial charge on any atom is -0.394 e. The zero-order valence-electron chi connectivity index (χ0n) is 16.7. The molecular formula is C22H28FN3O2. The monoisotopic (exact) mass is 385 g/mol. The van der Waals surface area contributed by atoms with Crippen LogP contribution in [-0.4, -0.2) is 39.2 Å². The Bertz CT molecular complexity index is 824. The fraction of sp³-hybridized carbons (Fsp3) is 0.455. The fourth-order valence-corrected chi connectivity index (χ4v) is 3.89. The highest BCUT2D eigenvalue weighted by molar-refractivity contribution is 5.91. The summed E-state index contributed by atoms with van der Waals surface area (Å²) >= 11 is 0. The molecular weight excluding hydrogens is 357 g/mol. The fourth-order valence-electron chi connectivity index (χ4n) is 3.89. The SMILES string of the molecule is CC(C)O.Cc1ccc(NC(=O)N2C3CCC[C@@H]2C3)cc1-c1cncc(F)c1. The molecule has 2 aliphatic rings. The first-order chi connectivity index (χ1) is 13.3. The van der Waals surface area contributed by atoms with E-state index in [1.54, 1.807) is 20.0 Å². The van der Waals surface area contributed by atoms with Crippen molar-refractivity contribution in [3.63, 3.8) is 0 Å². The minimum absolute atomic E-state index is 0.0249. The van der Waals surface area contributed by atoms with Gasteiger partial charge in [-0.2, -0.15) is 0 Å². The Kier molecular flexibility index (Phi) is 6.29. The summed E-state index contributed by atoms with van der Waals surface area (Å²) in [6, 6.07) is 7.96. The van der Waals surface area contributed by atoms with Gasteiger partial charge in [0.2, 0.25) is 0 Å². The number of aliphatic hydroxyl groups is 1. The van der Waals surface area contributed by atoms with Gasteiger partial charge in [0.25, 0.3) is 0 Å². The number of urea groups is 1. The lowest BCUT2D eigenvalue weighted by Gasteiger charge is -2.52. The standard InChI is InChI=1S/C19H20FN3O.C3H8O/c1-12-5-6-15(8-18(12)13-7-14(20)11-21-10-13)22-19(24)23-16-3-2-4-17(23)9-16;1-3(2)4/h5-8,10-11,16-17H,2-4,9H2,1H3,(H,22,24);3-4H,1-2H3/t16-,17?;/m1./s1. The summed E-state index contributed by atoms with van der Waals surface area (Å²) in [6.07, 6.45) is 7.24. The van der Waals surface area contributed by atoms with Gasteiger partial charge in [0.1, 0.15) is 5.82 Å². The molecule has 2 atom stereocenters. The van der Waals surface area contributed by atoms with Crippen LogP contribution < -0.4 is 5.32 Å². The predicted octanol–water partition coefficient (Wildman–Crippen LogP) is 4.74. The zero-order valence-corrected chi connectivity index (χ0v) is 16.7. The van der Waals surface area contributed by atoms with Crippen LogP contribution in [0.3, 0.4) is 0 Å². The number of nitrogens with one attached hydrogen (secondary N) is 1. The van der Waals surface area contributed by atoms with Crippen LogP contribution in [0.5, 0.6) is 0 Å². The van der Waals surface area contributed by atoms with E-state index in [1.807, 2.05) is 30.0 Å². The molecule has 5 nitrogen and oxygen atoms in total. The number of pyridine rings is 1. The molecule has 2 N–H and O–H groups in total. The van der Waals surface area contributed by atoms with Gasteiger partial charge in [-0.3, -0.25) is 4.98 Å². The van der Waals surface area contributed by atoms with E-state index in [4.69, 9.17) is 5.11 Å². The molecule has 2 fully saturated rings. The van der Waals surface area contributed by atoms with Crippen molar-refractivity contribution in [1.82, 2.24) is 9.88 Å². The molecule has 1 aromatic carbocycles. The second-order valence-electron chi connectivity index (χ2n) is 7.83. The van der Waals surface area contributed by atoms with E-state index in [2.05, 4.69) is 10.3 Å². The first-order valence-corrected chi connectivity index (χ1v) is 9.84. The van der Waals surface area contributed by atoms with Crippen LogP contribution in [0, 0.1) is 12.7 Å². The average molecular weight is 385 g/mol. The number of nitrogens with zero attached hydrogens (tertiary/aromatic N) is 2. The summed E-state index contributed by atoms with van der Waals surface area (Å²) in [5, 5.41) is 11.1. The number of amides is 2. The minimum atomic E-state index is -0.366. The van der Waals surface area contributed by atoms with Crippen molar-refractivity contribution in [3.05, 3.63) is 48.0 Å². The van der Waals surface area contributed by atoms with Gasteiger partial charge in [0.15, 0.2) is 0 Å². The summed E-state index contributed by atoms with van der Waals surface area (Å²) in [6.45, 7) is 5.41. The molecule has 0 radical (unpaired) electrons. The molecule has 2 aliphatic heterocycles. The number of halogens is 1. The summed E-state index contributed by atoms with van der Waals surface area (Å²) < 4.78 is 13.4. The molecule has 0 spiro atoms. The van der Waals surface area contributed by atoms with E-state index in [0.29, 0.717) is 17.6 Å². The average Bonchev–Trinajstić information content (AvgIpc) is 2.63. The molecule has 2 aromatic rings. The smallest absolute Gasteiger partial charge is 0.322 e. The maximum atomic E-state index is 13.4. The van der Waals surface area contributed by atoms with E-state index >= 15 is 0 Å². The van der Waals surface area contributed by atoms with Crippen LogP contribution in [-0.2, 0) is 0 Å². The normalized spacial score (nSPS) is 20.1. The molecule has 2 saturated heterocycles. The van der Waals surface area contributed by atoms with E-state index in [1.165, 1.54) is 18.7 Å². The second kappa shape index (κ2) is 8.69. The number of benzene rings is 1. The van der Waals surface area contributed by atoms with Crippen LogP contribution in [0.25, 0.3) is 11.1 Å². The van der Waals surface area contributed by atoms with Crippen molar-refractivity contribution in [2.24, 2.45) is 0 Å². The maximum absolute atomic E-state index is 13.4. The number of fused-ring (bicyclic) bond motifs is 2. The third-order valence-corrected chi connectivity index (χ3v) is 5.14. The van der Waals surface area contributed by atoms with E-state index in [-0.39, 0.29) is 18.0 Å². The highest BCUT2D eigenvalue weighted by atomic mass is 19.1. The number of aryl methyl sites for hydroxylation is 1. The molecule has 150 valence electrons. The summed E-state index contributed by atoms with van der Waals surface area (Å²) in [5.74, 6) is -0.366. The molecule has 3 heterocycles. The zero-order chi connectivity index (χ0) is 20.3. The Morgan fingerprint density at radius 1 is 1.25 bits per heavy atom. The number of aliphatic hydroxyl groups excluding tert-OH is 1. The number of rotatable bonds is 2. The van der Waals surface area contributed by atoms with Crippen molar-refractivity contribution in [2.45, 2.75) is 64.6 Å². The van der Waals surface area contributed by atoms with Crippen molar-refractivity contribution >= 4 is 11.7 Å². The summed E-state index contributed by atoms with van der Waals surface area (Å²) in [4.78, 5) is 18.4. The number of carbonyl (C=O) groups is 1. The van der Waals surface area contributed by atoms with E-state index in [9.17, 15) is 9.18 Å². The molecule has 2 bridgehead atoms. The number of piperidine rings is 1. The van der Waals surface area contributed by atoms with Crippen molar-refractivity contribution in [3.8, 4) is 11.1 Å². The van der Waals surface area contributed by atoms with E-state index < -0.39 is 0 Å². The third-order valence-electron chi connectivity index (χ3n) is 5.14. The van der Waals surface area contributed by atoms with Crippen LogP contribution in [0.4, 0.5) is 14.9 Å². The molecule has 1 unspecified atom stereocenters. The van der Waals surface area contributed by atoms with Gasteiger partial charge in [-0.25, -0.2) is 9.18 Å². The van der Waals surface area contributed by atoms with Gasteiger partial charge in [0, 0.05) is 35.6 Å². The van der Waals surface area contributed by atoms with Gasteiger partial charge in [-0.1, -0.05) is 6.07 Å². The summed E-state index contributed by atoms with van der Waals surface area (Å²) in [5.41, 5.74) is 3.34. The lowest BCUT2D eigenvalue weighted by molar-refractivity contribution is 0.0173. The lowest BCUT2D eigenvalue weighted by atomic mass is 9.80. The van der Waals surface area contributed by atoms with Gasteiger partial charge < -0.3 is 15.3 Å². The number of aromatic nitrogens is 1. The predicted molar refractivity (Wildman–Crippen MR) is 109 cm³/mol. The molecule has 6 heteroatoms. The Morgan fingerprint density at radius 3 is 2.54 bits per heavy atom. The van der Waals surface area contributed by atoms with E-state index in [0.717, 1.165) is 36.1 Å². The van der Waals surface area contributed by atoms with Crippen molar-refractivity contribution < 1.29 is 14.3 Å². The number of carbonyl (C=O) groups excluding carboxylic acids is 1. The number of anilines is 1. The van der Waals surface area contributed by atoms with Gasteiger partial charge in [0.05, 0.1) is 6.20 Å². The molecule has 2 amide bonds. The van der Waals surface area contributed by atoms with Gasteiger partial charge in [-0.05, 0) is 75.8 Å². The summed E-state index contributed by atoms with van der Waals surface area (Å²) in [7, 11) is 0. The molecule has 28 heavy (non-hydrogen) atoms. The number of hydrogen-bond acceptors (Lipinski definition) is 3. The first-order valence-electron chi connectivity index (χ1n) is 9.84. The van der Waals surface area contributed by atoms with Gasteiger partial charge in [-0.15, -0.1) is 0 Å². The Hall–Kier alpha value is -2.47. The highest BCUT2D eigenvalue weighted by Gasteiger charge is 2.44. The largest absolute Gasteiger partial charge is 0.394 e. The van der Waals surface area contributed by atoms with Crippen LogP contribution in [0.1, 0.15) is 45.1 Å². The Balaban J connectivity index is 0.000000516. The molecule has 4 rings (SSSR count). The molecule has 0 aliphatic carbocycles. The Morgan fingerprint density at radius 2 is 1.93 bits per heavy atom. The quantitative estimate of drug-likeness (QED) is 0.785. The maximum Gasteiger partial charge on any atom is 0.322 e. The lowest BCUT2D eigenvalue weighted by Crippen LogP contribution is -2.62. The number of hydrogen-bond donors (Lipinski definition) is 2. The molecule has 1 aromatic heterocycles. The first kappa shape index (κ1) is 20.3. The molecule has 0 saturated carbocycles. The van der Waals surface area contributed by atoms with Gasteiger partial charge >= 0.3 is 6.03 Å². The van der Waals surface area contributed by atoms with Crippen LogP contribution in [0.2, 0.25) is 0 Å². The second-order valence-corrected chi connectivity index (χ2v) is 7.83. The third kappa shape index (κ3) is 4.68. The topological polar surface area (TPSA) is 65.5 Å². The van der Waals surface area contributed by atoms with Crippen molar-refractivity contribution in [2.75, 3.05) is 5.32 Å². The Labute approximate surface area is 165 Å². The van der Waals surface area contributed by atoms with Crippen LogP contribution >= 0.6 is 0 Å².